The van der Waals surface area contributed by atoms with Crippen LogP contribution < -0.4 is 0 Å². The largest absolute Gasteiger partial charge is 0.478 e. The molecule has 0 aliphatic heterocycles. The van der Waals surface area contributed by atoms with E-state index in [9.17, 15) is 4.79 Å². The molecule has 0 unspecified atom stereocenters. The van der Waals surface area contributed by atoms with Crippen molar-refractivity contribution < 1.29 is 14.3 Å². The highest BCUT2D eigenvalue weighted by Gasteiger charge is 1.94. The third-order valence-corrected chi connectivity index (χ3v) is 1.19. The van der Waals surface area contributed by atoms with Crippen molar-refractivity contribution in [3.63, 3.8) is 0 Å². The third kappa shape index (κ3) is 2.47. The number of aliphatic carboxylic acids is 1. The smallest absolute Gasteiger partial charge is 0.328 e. The van der Waals surface area contributed by atoms with Gasteiger partial charge in [0.15, 0.2) is 5.22 Å². The number of hydrogen-bond acceptors (Lipinski definition) is 2. The van der Waals surface area contributed by atoms with E-state index < -0.39 is 5.97 Å². The van der Waals surface area contributed by atoms with Gasteiger partial charge in [0.2, 0.25) is 0 Å². The lowest BCUT2D eigenvalue weighted by Crippen LogP contribution is -1.84. The van der Waals surface area contributed by atoms with Crippen LogP contribution in [0.2, 0.25) is 5.22 Å². The molecule has 1 aromatic heterocycles. The summed E-state index contributed by atoms with van der Waals surface area (Å²) < 4.78 is 4.85. The lowest BCUT2D eigenvalue weighted by molar-refractivity contribution is -0.131. The summed E-state index contributed by atoms with van der Waals surface area (Å²) in [5.41, 5.74) is 0. The summed E-state index contributed by atoms with van der Waals surface area (Å²) in [5, 5.41) is 8.47. The van der Waals surface area contributed by atoms with Gasteiger partial charge >= 0.3 is 5.97 Å². The maximum atomic E-state index is 10.0. The molecule has 11 heavy (non-hydrogen) atoms. The van der Waals surface area contributed by atoms with Gasteiger partial charge in [-0.15, -0.1) is 0 Å². The first-order valence-electron chi connectivity index (χ1n) is 2.85. The summed E-state index contributed by atoms with van der Waals surface area (Å²) >= 11 is 5.43. The molecule has 1 heterocycles. The quantitative estimate of drug-likeness (QED) is 0.695. The van der Waals surface area contributed by atoms with E-state index in [2.05, 4.69) is 0 Å². The van der Waals surface area contributed by atoms with Crippen LogP contribution in [0.5, 0.6) is 0 Å². The normalized spacial score (nSPS) is 10.6. The van der Waals surface area contributed by atoms with Crippen LogP contribution in [0.1, 0.15) is 5.76 Å². The number of carboxylic acids is 1. The van der Waals surface area contributed by atoms with Gasteiger partial charge in [-0.2, -0.15) is 0 Å². The summed E-state index contributed by atoms with van der Waals surface area (Å²) in [4.78, 5) is 10.0. The van der Waals surface area contributed by atoms with Gasteiger partial charge < -0.3 is 9.52 Å². The first kappa shape index (κ1) is 7.88. The highest BCUT2D eigenvalue weighted by atomic mass is 35.5. The molecule has 1 aromatic rings. The van der Waals surface area contributed by atoms with Crippen molar-refractivity contribution >= 4 is 23.6 Å². The monoisotopic (exact) mass is 172 g/mol. The first-order chi connectivity index (χ1) is 5.18. The third-order valence-electron chi connectivity index (χ3n) is 0.984. The van der Waals surface area contributed by atoms with Crippen molar-refractivity contribution in [3.05, 3.63) is 29.2 Å². The molecule has 0 saturated heterocycles. The molecule has 0 radical (unpaired) electrons. The minimum Gasteiger partial charge on any atom is -0.478 e. The van der Waals surface area contributed by atoms with Crippen LogP contribution in [0.25, 0.3) is 6.08 Å². The maximum Gasteiger partial charge on any atom is 0.328 e. The lowest BCUT2D eigenvalue weighted by atomic mass is 10.4. The molecular weight excluding hydrogens is 168 g/mol. The topological polar surface area (TPSA) is 50.4 Å². The highest BCUT2D eigenvalue weighted by Crippen LogP contribution is 2.13. The molecule has 0 saturated carbocycles. The fourth-order valence-electron chi connectivity index (χ4n) is 0.571. The van der Waals surface area contributed by atoms with E-state index >= 15 is 0 Å². The Labute approximate surface area is 67.9 Å². The van der Waals surface area contributed by atoms with Gasteiger partial charge in [0.25, 0.3) is 0 Å². The Morgan fingerprint density at radius 3 is 2.82 bits per heavy atom. The number of hydrogen-bond donors (Lipinski definition) is 1. The average Bonchev–Trinajstić information content (AvgIpc) is 2.31. The molecular formula is C7H5ClO3. The molecule has 58 valence electrons. The van der Waals surface area contributed by atoms with Crippen molar-refractivity contribution in [3.8, 4) is 0 Å². The van der Waals surface area contributed by atoms with Crippen LogP contribution in [0.15, 0.2) is 22.6 Å². The summed E-state index contributed by atoms with van der Waals surface area (Å²) in [7, 11) is 0. The molecule has 1 N–H and O–H groups in total. The Hall–Kier alpha value is -1.22. The molecule has 0 fully saturated rings. The second-order valence-electron chi connectivity index (χ2n) is 1.81. The lowest BCUT2D eigenvalue weighted by Gasteiger charge is -1.80. The SMILES string of the molecule is O=C(O)C=Cc1ccc(Cl)o1. The molecule has 0 amide bonds. The summed E-state index contributed by atoms with van der Waals surface area (Å²) in [5.74, 6) is -0.588. The zero-order valence-corrected chi connectivity index (χ0v) is 6.21. The summed E-state index contributed by atoms with van der Waals surface area (Å²) in [6.07, 6.45) is 2.31. The predicted octanol–water partition coefficient (Wildman–Crippen LogP) is 2.03. The van der Waals surface area contributed by atoms with Crippen molar-refractivity contribution in [1.82, 2.24) is 0 Å². The van der Waals surface area contributed by atoms with Crippen LogP contribution in [-0.4, -0.2) is 11.1 Å². The Bertz CT molecular complexity index is 288. The summed E-state index contributed by atoms with van der Waals surface area (Å²) in [6, 6.07) is 3.13. The van der Waals surface area contributed by atoms with Gasteiger partial charge in [-0.1, -0.05) is 0 Å². The maximum absolute atomic E-state index is 10.0. The fraction of sp³-hybridized carbons (Fsp3) is 0. The van der Waals surface area contributed by atoms with Gasteiger partial charge in [0.1, 0.15) is 5.76 Å². The van der Waals surface area contributed by atoms with Gasteiger partial charge in [-0.3, -0.25) is 0 Å². The minimum atomic E-state index is -1.02. The zero-order chi connectivity index (χ0) is 8.27. The van der Waals surface area contributed by atoms with Crippen LogP contribution in [0, 0.1) is 0 Å². The van der Waals surface area contributed by atoms with E-state index in [1.165, 1.54) is 6.08 Å². The fourth-order valence-corrected chi connectivity index (χ4v) is 0.723. The Morgan fingerprint density at radius 2 is 2.36 bits per heavy atom. The van der Waals surface area contributed by atoms with E-state index in [4.69, 9.17) is 21.1 Å². The van der Waals surface area contributed by atoms with Gasteiger partial charge in [0, 0.05) is 6.08 Å². The number of halogens is 1. The van der Waals surface area contributed by atoms with Crippen LogP contribution >= 0.6 is 11.6 Å². The Morgan fingerprint density at radius 1 is 1.64 bits per heavy atom. The molecule has 0 aliphatic carbocycles. The van der Waals surface area contributed by atoms with Crippen molar-refractivity contribution in [2.24, 2.45) is 0 Å². The minimum absolute atomic E-state index is 0.245. The average molecular weight is 173 g/mol. The Balaban J connectivity index is 2.71. The number of carboxylic acid groups (broad SMARTS) is 1. The van der Waals surface area contributed by atoms with Crippen LogP contribution in [0.3, 0.4) is 0 Å². The van der Waals surface area contributed by atoms with E-state index in [1.54, 1.807) is 12.1 Å². The molecule has 0 aliphatic rings. The molecule has 3 nitrogen and oxygen atoms in total. The van der Waals surface area contributed by atoms with Gasteiger partial charge in [-0.25, -0.2) is 4.79 Å². The zero-order valence-electron chi connectivity index (χ0n) is 5.45. The highest BCUT2D eigenvalue weighted by molar-refractivity contribution is 6.28. The first-order valence-corrected chi connectivity index (χ1v) is 3.22. The second-order valence-corrected chi connectivity index (χ2v) is 2.19. The molecule has 0 aromatic carbocycles. The van der Waals surface area contributed by atoms with E-state index in [0.29, 0.717) is 5.76 Å². The number of furan rings is 1. The summed E-state index contributed by atoms with van der Waals surface area (Å²) in [6.45, 7) is 0. The predicted molar refractivity (Wildman–Crippen MR) is 40.4 cm³/mol. The van der Waals surface area contributed by atoms with Gasteiger partial charge in [0.05, 0.1) is 0 Å². The molecule has 4 heteroatoms. The number of rotatable bonds is 2. The van der Waals surface area contributed by atoms with Crippen molar-refractivity contribution in [1.29, 1.82) is 0 Å². The molecule has 0 atom stereocenters. The molecule has 0 bridgehead atoms. The Kier molecular flexibility index (Phi) is 2.33. The second kappa shape index (κ2) is 3.25. The molecule has 1 rings (SSSR count). The van der Waals surface area contributed by atoms with Gasteiger partial charge in [-0.05, 0) is 29.8 Å². The van der Waals surface area contributed by atoms with Crippen LogP contribution in [0.4, 0.5) is 0 Å². The van der Waals surface area contributed by atoms with Crippen molar-refractivity contribution in [2.45, 2.75) is 0 Å². The standard InChI is InChI=1S/C7H5ClO3/c8-6-3-1-5(11-6)2-4-7(9)10/h1-4H,(H,9,10). The van der Waals surface area contributed by atoms with Crippen LogP contribution in [-0.2, 0) is 4.79 Å². The van der Waals surface area contributed by atoms with Crippen molar-refractivity contribution in [2.75, 3.05) is 0 Å². The molecule has 0 spiro atoms. The van der Waals surface area contributed by atoms with E-state index in [0.717, 1.165) is 6.08 Å². The van der Waals surface area contributed by atoms with E-state index in [1.807, 2.05) is 0 Å². The van der Waals surface area contributed by atoms with E-state index in [-0.39, 0.29) is 5.22 Å². The number of carbonyl (C=O) groups is 1.